The Kier molecular flexibility index (Phi) is 13.0. The molecule has 0 spiro atoms. The zero-order valence-electron chi connectivity index (χ0n) is 24.1. The van der Waals surface area contributed by atoms with Crippen molar-refractivity contribution in [1.29, 1.82) is 0 Å². The Labute approximate surface area is 222 Å². The lowest BCUT2D eigenvalue weighted by atomic mass is 9.98. The molecule has 0 bridgehead atoms. The lowest BCUT2D eigenvalue weighted by Gasteiger charge is -2.39. The maximum Gasteiger partial charge on any atom is 0.246 e. The maximum atomic E-state index is 13.7. The Morgan fingerprint density at radius 3 is 2.14 bits per heavy atom. The van der Waals surface area contributed by atoms with Crippen molar-refractivity contribution in [3.63, 3.8) is 0 Å². The summed E-state index contributed by atoms with van der Waals surface area (Å²) in [6.45, 7) is 7.71. The van der Waals surface area contributed by atoms with Gasteiger partial charge in [0.05, 0.1) is 6.10 Å². The van der Waals surface area contributed by atoms with E-state index in [1.165, 1.54) is 20.8 Å². The number of hydrogen-bond acceptors (Lipinski definition) is 6. The third-order valence-corrected chi connectivity index (χ3v) is 7.14. The van der Waals surface area contributed by atoms with Crippen molar-refractivity contribution in [3.8, 4) is 0 Å². The molecule has 37 heavy (non-hydrogen) atoms. The fourth-order valence-electron chi connectivity index (χ4n) is 4.41. The second-order valence-corrected chi connectivity index (χ2v) is 10.0. The third-order valence-electron chi connectivity index (χ3n) is 7.14. The number of carbonyl (C=O) groups excluding carboxylic acids is 4. The van der Waals surface area contributed by atoms with Crippen molar-refractivity contribution in [2.75, 3.05) is 49.0 Å². The molecule has 1 heterocycles. The number of rotatable bonds is 8. The van der Waals surface area contributed by atoms with Crippen LogP contribution in [0.15, 0.2) is 24.3 Å². The molecule has 210 valence electrons. The summed E-state index contributed by atoms with van der Waals surface area (Å²) in [5.74, 6) is -1.32. The number of nitrogens with zero attached hydrogens (tertiary/aromatic N) is 4. The zero-order chi connectivity index (χ0) is 28.4. The molecule has 1 rings (SSSR count). The zero-order valence-corrected chi connectivity index (χ0v) is 24.1. The summed E-state index contributed by atoms with van der Waals surface area (Å²) in [6.07, 6.45) is 6.93. The highest BCUT2D eigenvalue weighted by molar-refractivity contribution is 5.96. The van der Waals surface area contributed by atoms with E-state index in [0.29, 0.717) is 19.4 Å². The van der Waals surface area contributed by atoms with Crippen LogP contribution in [0, 0.1) is 5.92 Å². The predicted molar refractivity (Wildman–Crippen MR) is 143 cm³/mol. The van der Waals surface area contributed by atoms with Gasteiger partial charge in [0.15, 0.2) is 0 Å². The van der Waals surface area contributed by atoms with E-state index in [2.05, 4.69) is 0 Å². The van der Waals surface area contributed by atoms with E-state index >= 15 is 0 Å². The number of amides is 4. The van der Waals surface area contributed by atoms with E-state index in [1.54, 1.807) is 72.5 Å². The second kappa shape index (κ2) is 14.9. The van der Waals surface area contributed by atoms with Gasteiger partial charge in [-0.2, -0.15) is 0 Å². The molecular weight excluding hydrogens is 476 g/mol. The maximum absolute atomic E-state index is 13.7. The first-order chi connectivity index (χ1) is 17.3. The van der Waals surface area contributed by atoms with Crippen molar-refractivity contribution in [2.24, 2.45) is 5.92 Å². The minimum atomic E-state index is -0.786. The first kappa shape index (κ1) is 32.3. The van der Waals surface area contributed by atoms with Crippen molar-refractivity contribution >= 4 is 23.6 Å². The molecular formula is C27H46N4O6. The van der Waals surface area contributed by atoms with Gasteiger partial charge in [-0.1, -0.05) is 32.1 Å². The monoisotopic (exact) mass is 522 g/mol. The number of methoxy groups -OCH3 is 2. The average molecular weight is 523 g/mol. The molecule has 1 aliphatic heterocycles. The van der Waals surface area contributed by atoms with Crippen LogP contribution in [0.3, 0.4) is 0 Å². The van der Waals surface area contributed by atoms with E-state index in [4.69, 9.17) is 9.47 Å². The highest BCUT2D eigenvalue weighted by Crippen LogP contribution is 2.20. The molecule has 5 atom stereocenters. The Morgan fingerprint density at radius 1 is 0.973 bits per heavy atom. The van der Waals surface area contributed by atoms with Crippen LogP contribution in [0.5, 0.6) is 0 Å². The summed E-state index contributed by atoms with van der Waals surface area (Å²) in [4.78, 5) is 58.8. The molecule has 0 aromatic rings. The molecule has 10 nitrogen and oxygen atoms in total. The van der Waals surface area contributed by atoms with Gasteiger partial charge in [-0.3, -0.25) is 19.2 Å². The summed E-state index contributed by atoms with van der Waals surface area (Å²) in [5, 5.41) is 0. The van der Waals surface area contributed by atoms with E-state index in [1.807, 2.05) is 20.8 Å². The number of allylic oxidation sites excluding steroid dienone is 2. The molecule has 4 amide bonds. The number of likely N-dealkylation sites (N-methyl/N-ethyl adjacent to an activating group) is 4. The van der Waals surface area contributed by atoms with Crippen molar-refractivity contribution in [3.05, 3.63) is 24.3 Å². The molecule has 0 saturated carbocycles. The Bertz CT molecular complexity index is 858. The minimum absolute atomic E-state index is 0.152. The largest absolute Gasteiger partial charge is 0.379 e. The Morgan fingerprint density at radius 2 is 1.59 bits per heavy atom. The van der Waals surface area contributed by atoms with Crippen LogP contribution in [0.1, 0.15) is 40.5 Å². The molecule has 1 saturated heterocycles. The summed E-state index contributed by atoms with van der Waals surface area (Å²) < 4.78 is 10.6. The van der Waals surface area contributed by atoms with E-state index < -0.39 is 18.1 Å². The summed E-state index contributed by atoms with van der Waals surface area (Å²) in [7, 11) is 9.63. The van der Waals surface area contributed by atoms with E-state index in [-0.39, 0.29) is 41.8 Å². The minimum Gasteiger partial charge on any atom is -0.379 e. The van der Waals surface area contributed by atoms with Gasteiger partial charge in [0.1, 0.15) is 24.2 Å². The van der Waals surface area contributed by atoms with Crippen LogP contribution in [0.25, 0.3) is 0 Å². The van der Waals surface area contributed by atoms with Crippen LogP contribution >= 0.6 is 0 Å². The lowest BCUT2D eigenvalue weighted by molar-refractivity contribution is -0.154. The molecule has 0 aromatic heterocycles. The summed E-state index contributed by atoms with van der Waals surface area (Å²) in [5.41, 5.74) is 0. The molecule has 1 aliphatic rings. The predicted octanol–water partition coefficient (Wildman–Crippen LogP) is 1.56. The van der Waals surface area contributed by atoms with Crippen LogP contribution in [0.2, 0.25) is 0 Å². The van der Waals surface area contributed by atoms with Gasteiger partial charge >= 0.3 is 0 Å². The van der Waals surface area contributed by atoms with Gasteiger partial charge in [-0.15, -0.1) is 0 Å². The molecule has 0 aliphatic carbocycles. The molecule has 10 heteroatoms. The Hall–Kier alpha value is -2.72. The number of hydrogen-bond donors (Lipinski definition) is 0. The molecule has 0 unspecified atom stereocenters. The normalized spacial score (nSPS) is 24.6. The lowest BCUT2D eigenvalue weighted by Crippen LogP contribution is -2.59. The van der Waals surface area contributed by atoms with Crippen molar-refractivity contribution in [2.45, 2.75) is 70.9 Å². The van der Waals surface area contributed by atoms with Gasteiger partial charge < -0.3 is 29.1 Å². The number of ether oxygens (including phenoxy) is 2. The third kappa shape index (κ3) is 8.39. The topological polar surface area (TPSA) is 99.7 Å². The standard InChI is InChI=1S/C27H46N4O6/c1-18(2)24-27(35)29(6)19(3)25(33)28(5)17-13-14-21(26(34)31(24)8)30(7)23(32)16-12-11-15-22(37-10)20(4)36-9/h11-12,15-16,18-22,24H,13-14,17H2,1-10H3/b15-11+,16-12+/t19-,20+,21-,22+,24-/m0/s1. The number of carbonyl (C=O) groups is 4. The average Bonchev–Trinajstić information content (AvgIpc) is 2.87. The highest BCUT2D eigenvalue weighted by Gasteiger charge is 2.39. The molecule has 0 N–H and O–H groups in total. The van der Waals surface area contributed by atoms with Crippen molar-refractivity contribution < 1.29 is 28.7 Å². The van der Waals surface area contributed by atoms with Crippen molar-refractivity contribution in [1.82, 2.24) is 19.6 Å². The van der Waals surface area contributed by atoms with Crippen LogP contribution < -0.4 is 0 Å². The first-order valence-corrected chi connectivity index (χ1v) is 12.8. The first-order valence-electron chi connectivity index (χ1n) is 12.8. The fourth-order valence-corrected chi connectivity index (χ4v) is 4.41. The smallest absolute Gasteiger partial charge is 0.246 e. The van der Waals surface area contributed by atoms with Crippen LogP contribution in [0.4, 0.5) is 0 Å². The molecule has 0 aromatic carbocycles. The fraction of sp³-hybridized carbons (Fsp3) is 0.704. The van der Waals surface area contributed by atoms with Gasteiger partial charge in [0, 0.05) is 55.0 Å². The SMILES string of the molecule is CO[C@H](C)[C@@H](/C=C/C=C/C(=O)N(C)[C@H]1CCCN(C)C(=O)[C@H](C)N(C)C(=O)[C@H](C(C)C)N(C)C1=O)OC. The second-order valence-electron chi connectivity index (χ2n) is 10.0. The molecule has 1 fully saturated rings. The van der Waals surface area contributed by atoms with Gasteiger partial charge in [-0.05, 0) is 32.6 Å². The summed E-state index contributed by atoms with van der Waals surface area (Å²) in [6, 6.07) is -2.20. The summed E-state index contributed by atoms with van der Waals surface area (Å²) >= 11 is 0. The van der Waals surface area contributed by atoms with E-state index in [9.17, 15) is 19.2 Å². The quantitative estimate of drug-likeness (QED) is 0.354. The van der Waals surface area contributed by atoms with Gasteiger partial charge in [0.2, 0.25) is 23.6 Å². The Balaban J connectivity index is 3.23. The van der Waals surface area contributed by atoms with Gasteiger partial charge in [-0.25, -0.2) is 0 Å². The van der Waals surface area contributed by atoms with E-state index in [0.717, 1.165) is 0 Å². The van der Waals surface area contributed by atoms with Gasteiger partial charge in [0.25, 0.3) is 0 Å². The van der Waals surface area contributed by atoms with Crippen LogP contribution in [-0.4, -0.2) is 123 Å². The highest BCUT2D eigenvalue weighted by atomic mass is 16.5. The van der Waals surface area contributed by atoms with Crippen LogP contribution in [-0.2, 0) is 28.7 Å². The molecule has 0 radical (unpaired) electrons.